The van der Waals surface area contributed by atoms with Crippen LogP contribution in [0.3, 0.4) is 0 Å². The number of benzene rings is 1. The van der Waals surface area contributed by atoms with E-state index in [2.05, 4.69) is 40.0 Å². The van der Waals surface area contributed by atoms with Gasteiger partial charge in [-0.2, -0.15) is 0 Å². The maximum atomic E-state index is 5.63. The van der Waals surface area contributed by atoms with Crippen LogP contribution < -0.4 is 5.73 Å². The van der Waals surface area contributed by atoms with Crippen LogP contribution in [-0.2, 0) is 6.54 Å². The number of nitrogens with one attached hydrogen (secondary N) is 1. The van der Waals surface area contributed by atoms with Gasteiger partial charge in [0.2, 0.25) is 0 Å². The van der Waals surface area contributed by atoms with E-state index in [0.29, 0.717) is 6.54 Å². The Labute approximate surface area is 85.3 Å². The Bertz CT molecular complexity index is 445. The number of nitrogens with two attached hydrogens (primary N) is 1. The van der Waals surface area contributed by atoms with Crippen LogP contribution in [0.2, 0.25) is 0 Å². The molecule has 2 rings (SSSR count). The fourth-order valence-electron chi connectivity index (χ4n) is 1.59. The predicted octanol–water partition coefficient (Wildman–Crippen LogP) is 2.70. The van der Waals surface area contributed by atoms with Gasteiger partial charge in [0.15, 0.2) is 0 Å². The number of hydrogen-bond acceptors (Lipinski definition) is 1. The van der Waals surface area contributed by atoms with Crippen molar-refractivity contribution >= 4 is 26.8 Å². The number of aromatic amines is 1. The molecule has 0 aliphatic carbocycles. The largest absolute Gasteiger partial charge is 0.361 e. The van der Waals surface area contributed by atoms with Gasteiger partial charge in [-0.15, -0.1) is 0 Å². The minimum absolute atomic E-state index is 0.579. The molecule has 0 radical (unpaired) electrons. The van der Waals surface area contributed by atoms with Crippen LogP contribution in [-0.4, -0.2) is 4.98 Å². The molecule has 0 saturated heterocycles. The van der Waals surface area contributed by atoms with Crippen molar-refractivity contribution in [3.05, 3.63) is 33.9 Å². The third kappa shape index (κ3) is 1.38. The summed E-state index contributed by atoms with van der Waals surface area (Å²) in [5, 5.41) is 1.22. The van der Waals surface area contributed by atoms with Crippen molar-refractivity contribution in [2.45, 2.75) is 13.5 Å². The van der Waals surface area contributed by atoms with E-state index in [0.717, 1.165) is 4.47 Å². The van der Waals surface area contributed by atoms with Gasteiger partial charge >= 0.3 is 0 Å². The van der Waals surface area contributed by atoms with Gasteiger partial charge in [-0.05, 0) is 30.2 Å². The van der Waals surface area contributed by atoms with Crippen LogP contribution in [0, 0.1) is 6.92 Å². The van der Waals surface area contributed by atoms with Gasteiger partial charge in [-0.3, -0.25) is 0 Å². The molecule has 0 saturated carbocycles. The molecule has 0 aliphatic heterocycles. The maximum Gasteiger partial charge on any atom is 0.0487 e. The highest BCUT2D eigenvalue weighted by atomic mass is 79.9. The monoisotopic (exact) mass is 238 g/mol. The third-order valence-electron chi connectivity index (χ3n) is 2.26. The van der Waals surface area contributed by atoms with E-state index in [9.17, 15) is 0 Å². The number of rotatable bonds is 1. The fraction of sp³-hybridized carbons (Fsp3) is 0.200. The number of aryl methyl sites for hydroxylation is 1. The van der Waals surface area contributed by atoms with E-state index in [1.165, 1.54) is 22.0 Å². The minimum atomic E-state index is 0.579. The first kappa shape index (κ1) is 8.78. The summed E-state index contributed by atoms with van der Waals surface area (Å²) in [6.07, 6.45) is 1.98. The van der Waals surface area contributed by atoms with Crippen LogP contribution in [0.1, 0.15) is 11.1 Å². The number of fused-ring (bicyclic) bond motifs is 1. The third-order valence-corrected chi connectivity index (χ3v) is 2.71. The van der Waals surface area contributed by atoms with E-state index in [1.807, 2.05) is 6.20 Å². The summed E-state index contributed by atoms with van der Waals surface area (Å²) in [4.78, 5) is 3.23. The van der Waals surface area contributed by atoms with Crippen LogP contribution >= 0.6 is 15.9 Å². The van der Waals surface area contributed by atoms with Crippen molar-refractivity contribution in [2.24, 2.45) is 5.73 Å². The first-order chi connectivity index (χ1) is 6.22. The molecule has 0 amide bonds. The van der Waals surface area contributed by atoms with Gasteiger partial charge in [-0.1, -0.05) is 15.9 Å². The second-order valence-corrected chi connectivity index (χ2v) is 4.08. The van der Waals surface area contributed by atoms with Crippen molar-refractivity contribution in [1.29, 1.82) is 0 Å². The highest BCUT2D eigenvalue weighted by Crippen LogP contribution is 2.25. The molecule has 0 unspecified atom stereocenters. The number of hydrogen-bond donors (Lipinski definition) is 2. The summed E-state index contributed by atoms with van der Waals surface area (Å²) >= 11 is 3.48. The van der Waals surface area contributed by atoms with Crippen LogP contribution in [0.25, 0.3) is 10.9 Å². The van der Waals surface area contributed by atoms with Gasteiger partial charge in [0.05, 0.1) is 0 Å². The molecule has 0 bridgehead atoms. The first-order valence-corrected chi connectivity index (χ1v) is 4.98. The number of H-pyrrole nitrogens is 1. The van der Waals surface area contributed by atoms with E-state index in [-0.39, 0.29) is 0 Å². The quantitative estimate of drug-likeness (QED) is 0.789. The Hall–Kier alpha value is -0.800. The second-order valence-electron chi connectivity index (χ2n) is 3.16. The molecule has 0 spiro atoms. The summed E-state index contributed by atoms with van der Waals surface area (Å²) in [6, 6.07) is 4.19. The molecule has 3 heteroatoms. The number of halogens is 1. The zero-order valence-electron chi connectivity index (χ0n) is 7.39. The molecule has 13 heavy (non-hydrogen) atoms. The topological polar surface area (TPSA) is 41.8 Å². The van der Waals surface area contributed by atoms with E-state index < -0.39 is 0 Å². The number of aromatic nitrogens is 1. The summed E-state index contributed by atoms with van der Waals surface area (Å²) in [7, 11) is 0. The summed E-state index contributed by atoms with van der Waals surface area (Å²) < 4.78 is 1.10. The van der Waals surface area contributed by atoms with E-state index in [4.69, 9.17) is 5.73 Å². The summed E-state index contributed by atoms with van der Waals surface area (Å²) in [5.74, 6) is 0. The molecule has 68 valence electrons. The van der Waals surface area contributed by atoms with Gasteiger partial charge < -0.3 is 10.7 Å². The summed E-state index contributed by atoms with van der Waals surface area (Å²) in [5.41, 5.74) is 9.22. The lowest BCUT2D eigenvalue weighted by Gasteiger charge is -1.99. The maximum absolute atomic E-state index is 5.63. The zero-order chi connectivity index (χ0) is 9.42. The van der Waals surface area contributed by atoms with Gasteiger partial charge in [0, 0.05) is 28.1 Å². The summed E-state index contributed by atoms with van der Waals surface area (Å²) in [6.45, 7) is 2.67. The van der Waals surface area contributed by atoms with E-state index >= 15 is 0 Å². The Morgan fingerprint density at radius 1 is 1.46 bits per heavy atom. The lowest BCUT2D eigenvalue weighted by atomic mass is 10.1. The van der Waals surface area contributed by atoms with Crippen molar-refractivity contribution < 1.29 is 0 Å². The Kier molecular flexibility index (Phi) is 2.14. The molecule has 2 aromatic rings. The van der Waals surface area contributed by atoms with Crippen molar-refractivity contribution in [3.8, 4) is 0 Å². The van der Waals surface area contributed by atoms with Gasteiger partial charge in [0.1, 0.15) is 0 Å². The molecule has 0 atom stereocenters. The molecule has 0 aliphatic rings. The average Bonchev–Trinajstić information content (AvgIpc) is 2.47. The normalized spacial score (nSPS) is 11.0. The van der Waals surface area contributed by atoms with Gasteiger partial charge in [0.25, 0.3) is 0 Å². The molecule has 2 nitrogen and oxygen atoms in total. The van der Waals surface area contributed by atoms with Crippen LogP contribution in [0.5, 0.6) is 0 Å². The second kappa shape index (κ2) is 3.16. The van der Waals surface area contributed by atoms with Crippen molar-refractivity contribution in [2.75, 3.05) is 0 Å². The molecule has 1 aromatic heterocycles. The molecular weight excluding hydrogens is 228 g/mol. The average molecular weight is 239 g/mol. The van der Waals surface area contributed by atoms with Crippen LogP contribution in [0.15, 0.2) is 22.8 Å². The van der Waals surface area contributed by atoms with Crippen molar-refractivity contribution in [1.82, 2.24) is 4.98 Å². The molecular formula is C10H11BrN2. The molecule has 1 aromatic carbocycles. The lowest BCUT2D eigenvalue weighted by Crippen LogP contribution is -1.94. The van der Waals surface area contributed by atoms with Crippen LogP contribution in [0.4, 0.5) is 0 Å². The zero-order valence-corrected chi connectivity index (χ0v) is 8.98. The first-order valence-electron chi connectivity index (χ1n) is 4.18. The Morgan fingerprint density at radius 2 is 2.23 bits per heavy atom. The fourth-order valence-corrected chi connectivity index (χ4v) is 2.17. The predicted molar refractivity (Wildman–Crippen MR) is 58.6 cm³/mol. The molecule has 0 fully saturated rings. The standard InChI is InChI=1S/C10H11BrN2/c1-6-2-8(11)3-9-7(4-12)5-13-10(6)9/h2-3,5,13H,4,12H2,1H3. The SMILES string of the molecule is Cc1cc(Br)cc2c(CN)c[nH]c12. The molecule has 1 heterocycles. The molecule has 3 N–H and O–H groups in total. The minimum Gasteiger partial charge on any atom is -0.361 e. The highest BCUT2D eigenvalue weighted by molar-refractivity contribution is 9.10. The Balaban J connectivity index is 2.82. The van der Waals surface area contributed by atoms with Crippen molar-refractivity contribution in [3.63, 3.8) is 0 Å². The highest BCUT2D eigenvalue weighted by Gasteiger charge is 2.04. The smallest absolute Gasteiger partial charge is 0.0487 e. The lowest BCUT2D eigenvalue weighted by molar-refractivity contribution is 1.08. The Morgan fingerprint density at radius 3 is 2.92 bits per heavy atom. The van der Waals surface area contributed by atoms with E-state index in [1.54, 1.807) is 0 Å². The van der Waals surface area contributed by atoms with Gasteiger partial charge in [-0.25, -0.2) is 0 Å².